The van der Waals surface area contributed by atoms with Gasteiger partial charge in [0.1, 0.15) is 0 Å². The standard InChI is InChI=1S/C17H12N2O3S2/c1-11-10-23-17(18-11)24-15-8-7-13(9-14(15)19(21)22)16(20)12-5-3-2-4-6-12/h2-10H,1H3. The third-order valence-corrected chi connectivity index (χ3v) is 5.37. The summed E-state index contributed by atoms with van der Waals surface area (Å²) in [6, 6.07) is 13.3. The van der Waals surface area contributed by atoms with Crippen LogP contribution in [0.4, 0.5) is 5.69 Å². The van der Waals surface area contributed by atoms with Gasteiger partial charge in [0.15, 0.2) is 10.1 Å². The number of nitro benzene ring substituents is 1. The third-order valence-electron chi connectivity index (χ3n) is 3.25. The number of rotatable bonds is 5. The van der Waals surface area contributed by atoms with E-state index in [2.05, 4.69) is 4.98 Å². The van der Waals surface area contributed by atoms with E-state index in [4.69, 9.17) is 0 Å². The second-order valence-corrected chi connectivity index (χ2v) is 7.14. The van der Waals surface area contributed by atoms with Crippen molar-refractivity contribution >= 4 is 34.6 Å². The molecule has 2 aromatic carbocycles. The number of carbonyl (C=O) groups is 1. The fourth-order valence-electron chi connectivity index (χ4n) is 2.12. The highest BCUT2D eigenvalue weighted by Crippen LogP contribution is 2.37. The average molecular weight is 356 g/mol. The lowest BCUT2D eigenvalue weighted by Crippen LogP contribution is -2.02. The summed E-state index contributed by atoms with van der Waals surface area (Å²) < 4.78 is 0.734. The maximum absolute atomic E-state index is 12.5. The molecule has 0 radical (unpaired) electrons. The highest BCUT2D eigenvalue weighted by molar-refractivity contribution is 8.01. The molecule has 5 nitrogen and oxygen atoms in total. The fraction of sp³-hybridized carbons (Fsp3) is 0.0588. The summed E-state index contributed by atoms with van der Waals surface area (Å²) in [7, 11) is 0. The summed E-state index contributed by atoms with van der Waals surface area (Å²) in [5, 5.41) is 13.3. The van der Waals surface area contributed by atoms with Gasteiger partial charge in [-0.25, -0.2) is 4.98 Å². The highest BCUT2D eigenvalue weighted by Gasteiger charge is 2.20. The van der Waals surface area contributed by atoms with Gasteiger partial charge in [-0.2, -0.15) is 0 Å². The number of aryl methyl sites for hydroxylation is 1. The quantitative estimate of drug-likeness (QED) is 0.375. The Labute approximate surface area is 146 Å². The van der Waals surface area contributed by atoms with E-state index in [-0.39, 0.29) is 11.5 Å². The zero-order chi connectivity index (χ0) is 17.1. The molecule has 0 saturated carbocycles. The molecule has 7 heteroatoms. The van der Waals surface area contributed by atoms with Gasteiger partial charge in [-0.15, -0.1) is 11.3 Å². The Kier molecular flexibility index (Phi) is 4.73. The van der Waals surface area contributed by atoms with Crippen LogP contribution in [-0.4, -0.2) is 15.7 Å². The van der Waals surface area contributed by atoms with Gasteiger partial charge in [-0.05, 0) is 19.1 Å². The summed E-state index contributed by atoms with van der Waals surface area (Å²) in [5.74, 6) is -0.236. The highest BCUT2D eigenvalue weighted by atomic mass is 32.2. The van der Waals surface area contributed by atoms with Crippen molar-refractivity contribution in [3.8, 4) is 0 Å². The molecule has 0 aliphatic rings. The number of thiazole rings is 1. The molecule has 0 spiro atoms. The van der Waals surface area contributed by atoms with E-state index >= 15 is 0 Å². The smallest absolute Gasteiger partial charge is 0.284 e. The predicted octanol–water partition coefficient (Wildman–Crippen LogP) is 4.74. The van der Waals surface area contributed by atoms with Crippen molar-refractivity contribution in [3.63, 3.8) is 0 Å². The van der Waals surface area contributed by atoms with E-state index < -0.39 is 4.92 Å². The Hall–Kier alpha value is -2.51. The number of benzene rings is 2. The minimum Gasteiger partial charge on any atom is -0.289 e. The molecule has 0 fully saturated rings. The summed E-state index contributed by atoms with van der Waals surface area (Å²) >= 11 is 2.67. The van der Waals surface area contributed by atoms with Gasteiger partial charge in [0, 0.05) is 28.3 Å². The first-order chi connectivity index (χ1) is 11.5. The molecular weight excluding hydrogens is 344 g/mol. The summed E-state index contributed by atoms with van der Waals surface area (Å²) in [6.45, 7) is 1.87. The monoisotopic (exact) mass is 356 g/mol. The van der Waals surface area contributed by atoms with Gasteiger partial charge in [-0.3, -0.25) is 14.9 Å². The van der Waals surface area contributed by atoms with Crippen LogP contribution in [0.1, 0.15) is 21.6 Å². The Balaban J connectivity index is 1.95. The first kappa shape index (κ1) is 16.4. The Bertz CT molecular complexity index is 907. The second kappa shape index (κ2) is 6.94. The first-order valence-corrected chi connectivity index (χ1v) is 8.72. The van der Waals surface area contributed by atoms with Gasteiger partial charge in [0.25, 0.3) is 5.69 Å². The van der Waals surface area contributed by atoms with Crippen LogP contribution in [-0.2, 0) is 0 Å². The number of nitrogens with zero attached hydrogens (tertiary/aromatic N) is 2. The van der Waals surface area contributed by atoms with E-state index in [1.54, 1.807) is 36.4 Å². The largest absolute Gasteiger partial charge is 0.289 e. The molecule has 0 aliphatic carbocycles. The Morgan fingerprint density at radius 3 is 2.54 bits per heavy atom. The van der Waals surface area contributed by atoms with Crippen LogP contribution < -0.4 is 0 Å². The fourth-order valence-corrected chi connectivity index (χ4v) is 4.00. The molecule has 1 aromatic heterocycles. The van der Waals surface area contributed by atoms with Crippen molar-refractivity contribution in [2.75, 3.05) is 0 Å². The number of hydrogen-bond donors (Lipinski definition) is 0. The lowest BCUT2D eigenvalue weighted by molar-refractivity contribution is -0.387. The van der Waals surface area contributed by atoms with E-state index in [0.717, 1.165) is 10.0 Å². The average Bonchev–Trinajstić information content (AvgIpc) is 3.00. The van der Waals surface area contributed by atoms with Gasteiger partial charge in [0.2, 0.25) is 0 Å². The molecule has 0 saturated heterocycles. The van der Waals surface area contributed by atoms with Crippen LogP contribution in [0.5, 0.6) is 0 Å². The number of nitro groups is 1. The van der Waals surface area contributed by atoms with Crippen molar-refractivity contribution in [1.29, 1.82) is 0 Å². The molecule has 0 unspecified atom stereocenters. The van der Waals surface area contributed by atoms with Crippen LogP contribution in [0.3, 0.4) is 0 Å². The van der Waals surface area contributed by atoms with Gasteiger partial charge in [-0.1, -0.05) is 42.1 Å². The lowest BCUT2D eigenvalue weighted by atomic mass is 10.0. The van der Waals surface area contributed by atoms with Crippen molar-refractivity contribution in [2.24, 2.45) is 0 Å². The third kappa shape index (κ3) is 3.52. The second-order valence-electron chi connectivity index (χ2n) is 4.99. The molecule has 0 N–H and O–H groups in total. The van der Waals surface area contributed by atoms with Crippen LogP contribution in [0, 0.1) is 17.0 Å². The topological polar surface area (TPSA) is 73.1 Å². The summed E-state index contributed by atoms with van der Waals surface area (Å²) in [4.78, 5) is 28.2. The molecule has 1 heterocycles. The zero-order valence-corrected chi connectivity index (χ0v) is 14.3. The van der Waals surface area contributed by atoms with Crippen molar-refractivity contribution in [2.45, 2.75) is 16.2 Å². The van der Waals surface area contributed by atoms with Crippen LogP contribution >= 0.6 is 23.1 Å². The molecule has 3 aromatic rings. The van der Waals surface area contributed by atoms with Crippen molar-refractivity contribution in [3.05, 3.63) is 80.8 Å². The maximum Gasteiger partial charge on any atom is 0.284 e. The number of hydrogen-bond acceptors (Lipinski definition) is 6. The number of aromatic nitrogens is 1. The molecule has 0 atom stereocenters. The van der Waals surface area contributed by atoms with E-state index in [0.29, 0.717) is 16.0 Å². The summed E-state index contributed by atoms with van der Waals surface area (Å²) in [5.41, 5.74) is 1.59. The van der Waals surface area contributed by atoms with Crippen LogP contribution in [0.2, 0.25) is 0 Å². The molecule has 120 valence electrons. The minimum atomic E-state index is -0.468. The Morgan fingerprint density at radius 1 is 1.17 bits per heavy atom. The predicted molar refractivity (Wildman–Crippen MR) is 93.9 cm³/mol. The van der Waals surface area contributed by atoms with Gasteiger partial charge in [0.05, 0.1) is 9.82 Å². The molecule has 3 rings (SSSR count). The van der Waals surface area contributed by atoms with E-state index in [9.17, 15) is 14.9 Å². The van der Waals surface area contributed by atoms with Crippen molar-refractivity contribution in [1.82, 2.24) is 4.98 Å². The normalized spacial score (nSPS) is 10.5. The Morgan fingerprint density at radius 2 is 1.92 bits per heavy atom. The molecule has 0 amide bonds. The van der Waals surface area contributed by atoms with E-state index in [1.807, 2.05) is 18.4 Å². The number of carbonyl (C=O) groups excluding carboxylic acids is 1. The summed E-state index contributed by atoms with van der Waals surface area (Å²) in [6.07, 6.45) is 0. The van der Waals surface area contributed by atoms with E-state index in [1.165, 1.54) is 29.2 Å². The molecule has 24 heavy (non-hydrogen) atoms. The molecular formula is C17H12N2O3S2. The zero-order valence-electron chi connectivity index (χ0n) is 12.6. The van der Waals surface area contributed by atoms with Gasteiger partial charge >= 0.3 is 0 Å². The lowest BCUT2D eigenvalue weighted by Gasteiger charge is -2.04. The van der Waals surface area contributed by atoms with Gasteiger partial charge < -0.3 is 0 Å². The van der Waals surface area contributed by atoms with Crippen LogP contribution in [0.25, 0.3) is 0 Å². The molecule has 0 bridgehead atoms. The van der Waals surface area contributed by atoms with Crippen molar-refractivity contribution < 1.29 is 9.72 Å². The molecule has 0 aliphatic heterocycles. The minimum absolute atomic E-state index is 0.0883. The van der Waals surface area contributed by atoms with Crippen LogP contribution in [0.15, 0.2) is 63.1 Å². The maximum atomic E-state index is 12.5. The first-order valence-electron chi connectivity index (χ1n) is 7.03. The number of ketones is 1. The SMILES string of the molecule is Cc1csc(Sc2ccc(C(=O)c3ccccc3)cc2[N+](=O)[O-])n1.